The molecular weight excluding hydrogens is 435 g/mol. The molecule has 3 heterocycles. The first-order valence-electron chi connectivity index (χ1n) is 12.3. The van der Waals surface area contributed by atoms with Crippen LogP contribution in [-0.4, -0.2) is 45.5 Å². The van der Waals surface area contributed by atoms with Crippen LogP contribution in [0.25, 0.3) is 16.9 Å². The van der Waals surface area contributed by atoms with Crippen molar-refractivity contribution < 1.29 is 0 Å². The average Bonchev–Trinajstić information content (AvgIpc) is 3.30. The van der Waals surface area contributed by atoms with Crippen LogP contribution in [0.5, 0.6) is 0 Å². The van der Waals surface area contributed by atoms with Gasteiger partial charge in [-0.15, -0.1) is 0 Å². The molecule has 182 valence electrons. The summed E-state index contributed by atoms with van der Waals surface area (Å²) >= 11 is 0. The van der Waals surface area contributed by atoms with Crippen LogP contribution < -0.4 is 21.8 Å². The molecule has 1 aromatic carbocycles. The molecule has 1 fully saturated rings. The highest BCUT2D eigenvalue weighted by Gasteiger charge is 2.10. The summed E-state index contributed by atoms with van der Waals surface area (Å²) in [6.07, 6.45) is 10.0. The molecule has 8 nitrogen and oxygen atoms in total. The summed E-state index contributed by atoms with van der Waals surface area (Å²) in [5.74, 6) is 1.06. The molecule has 0 unspecified atom stereocenters. The molecule has 0 spiro atoms. The normalized spacial score (nSPS) is 13.3. The summed E-state index contributed by atoms with van der Waals surface area (Å²) in [5.41, 5.74) is 9.85. The van der Waals surface area contributed by atoms with Gasteiger partial charge in [-0.3, -0.25) is 4.98 Å². The van der Waals surface area contributed by atoms with Crippen molar-refractivity contribution in [1.82, 2.24) is 24.6 Å². The van der Waals surface area contributed by atoms with Gasteiger partial charge < -0.3 is 16.4 Å². The predicted molar refractivity (Wildman–Crippen MR) is 145 cm³/mol. The van der Waals surface area contributed by atoms with Crippen molar-refractivity contribution in [3.63, 3.8) is 0 Å². The predicted octanol–water partition coefficient (Wildman–Crippen LogP) is 3.94. The van der Waals surface area contributed by atoms with Crippen molar-refractivity contribution >= 4 is 30.9 Å². The van der Waals surface area contributed by atoms with Crippen LogP contribution in [0.2, 0.25) is 0 Å². The van der Waals surface area contributed by atoms with E-state index < -0.39 is 0 Å². The molecule has 0 amide bonds. The van der Waals surface area contributed by atoms with E-state index >= 15 is 0 Å². The third kappa shape index (κ3) is 7.26. The minimum Gasteiger partial charge on any atom is -0.357 e. The summed E-state index contributed by atoms with van der Waals surface area (Å²) in [7, 11) is 7.68. The molecular formula is C26H35BN8. The fourth-order valence-corrected chi connectivity index (χ4v) is 3.76. The van der Waals surface area contributed by atoms with Crippen molar-refractivity contribution in [3.8, 4) is 11.3 Å². The molecule has 1 aliphatic rings. The zero-order valence-corrected chi connectivity index (χ0v) is 20.9. The van der Waals surface area contributed by atoms with Crippen LogP contribution >= 0.6 is 0 Å². The summed E-state index contributed by atoms with van der Waals surface area (Å²) in [4.78, 5) is 13.1. The van der Waals surface area contributed by atoms with Crippen LogP contribution in [-0.2, 0) is 6.54 Å². The van der Waals surface area contributed by atoms with Gasteiger partial charge in [-0.1, -0.05) is 63.4 Å². The maximum Gasteiger partial charge on any atom is 0.229 e. The second kappa shape index (κ2) is 13.4. The van der Waals surface area contributed by atoms with Gasteiger partial charge in [-0.05, 0) is 36.0 Å². The van der Waals surface area contributed by atoms with E-state index in [1.807, 2.05) is 32.0 Å². The van der Waals surface area contributed by atoms with Crippen LogP contribution in [0.3, 0.4) is 0 Å². The largest absolute Gasteiger partial charge is 0.357 e. The van der Waals surface area contributed by atoms with E-state index in [4.69, 9.17) is 13.6 Å². The number of anilines is 2. The fraction of sp³-hybridized carbons (Fsp3) is 0.385. The van der Waals surface area contributed by atoms with Crippen molar-refractivity contribution in [2.75, 3.05) is 17.7 Å². The SMILES string of the molecule is CC.NC1CCCCC1.[B]c1cnn2c(NCc3ccc(-c4ccccn4)cc3)nc(NC)nc12. The van der Waals surface area contributed by atoms with E-state index in [1.165, 1.54) is 32.1 Å². The number of rotatable bonds is 5. The zero-order chi connectivity index (χ0) is 25.0. The van der Waals surface area contributed by atoms with E-state index in [9.17, 15) is 0 Å². The highest BCUT2D eigenvalue weighted by Crippen LogP contribution is 2.18. The topological polar surface area (TPSA) is 106 Å². The Morgan fingerprint density at radius 3 is 2.37 bits per heavy atom. The Bertz CT molecular complexity index is 1160. The second-order valence-electron chi connectivity index (χ2n) is 8.12. The van der Waals surface area contributed by atoms with Gasteiger partial charge >= 0.3 is 0 Å². The number of hydrogen-bond donors (Lipinski definition) is 3. The van der Waals surface area contributed by atoms with Gasteiger partial charge in [-0.25, -0.2) is 0 Å². The molecule has 1 saturated carbocycles. The fourth-order valence-electron chi connectivity index (χ4n) is 3.76. The van der Waals surface area contributed by atoms with Crippen LogP contribution in [0.1, 0.15) is 51.5 Å². The van der Waals surface area contributed by atoms with E-state index in [-0.39, 0.29) is 0 Å². The Balaban J connectivity index is 0.000000324. The van der Waals surface area contributed by atoms with Crippen molar-refractivity contribution in [2.24, 2.45) is 5.73 Å². The van der Waals surface area contributed by atoms with Gasteiger partial charge in [0.25, 0.3) is 0 Å². The lowest BCUT2D eigenvalue weighted by Gasteiger charge is -2.15. The molecule has 3 aromatic heterocycles. The van der Waals surface area contributed by atoms with Crippen LogP contribution in [0.15, 0.2) is 54.9 Å². The maximum atomic E-state index is 5.91. The first-order chi connectivity index (χ1) is 17.1. The Labute approximate surface area is 209 Å². The lowest BCUT2D eigenvalue weighted by molar-refractivity contribution is 0.441. The van der Waals surface area contributed by atoms with E-state index in [0.29, 0.717) is 35.6 Å². The number of pyridine rings is 1. The lowest BCUT2D eigenvalue weighted by atomic mass is 9.97. The highest BCUT2D eigenvalue weighted by molar-refractivity contribution is 6.36. The lowest BCUT2D eigenvalue weighted by Crippen LogP contribution is -2.22. The third-order valence-electron chi connectivity index (χ3n) is 5.63. The van der Waals surface area contributed by atoms with Gasteiger partial charge in [0.2, 0.25) is 11.9 Å². The number of hydrogen-bond acceptors (Lipinski definition) is 7. The number of aromatic nitrogens is 5. The molecule has 0 bridgehead atoms. The highest BCUT2D eigenvalue weighted by atomic mass is 15.4. The van der Waals surface area contributed by atoms with E-state index in [1.54, 1.807) is 24.0 Å². The summed E-state index contributed by atoms with van der Waals surface area (Å²) < 4.78 is 1.60. The van der Waals surface area contributed by atoms with E-state index in [0.717, 1.165) is 16.8 Å². The number of nitrogens with one attached hydrogen (secondary N) is 2. The van der Waals surface area contributed by atoms with Gasteiger partial charge in [0.05, 0.1) is 5.69 Å². The van der Waals surface area contributed by atoms with Gasteiger partial charge in [-0.2, -0.15) is 19.6 Å². The Hall–Kier alpha value is -3.46. The van der Waals surface area contributed by atoms with Crippen LogP contribution in [0, 0.1) is 0 Å². The quantitative estimate of drug-likeness (QED) is 0.380. The second-order valence-corrected chi connectivity index (χ2v) is 8.12. The van der Waals surface area contributed by atoms with Crippen molar-refractivity contribution in [1.29, 1.82) is 0 Å². The number of nitrogens with zero attached hydrogens (tertiary/aromatic N) is 5. The number of fused-ring (bicyclic) bond motifs is 1. The summed E-state index contributed by atoms with van der Waals surface area (Å²) in [6, 6.07) is 14.6. The Kier molecular flexibility index (Phi) is 10.0. The van der Waals surface area contributed by atoms with Crippen LogP contribution in [0.4, 0.5) is 11.9 Å². The van der Waals surface area contributed by atoms with Gasteiger partial charge in [0, 0.05) is 37.6 Å². The first-order valence-corrected chi connectivity index (χ1v) is 12.3. The number of benzene rings is 1. The van der Waals surface area contributed by atoms with Crippen molar-refractivity contribution in [2.45, 2.75) is 58.5 Å². The standard InChI is InChI=1S/C18H16BN7.C6H13N.C2H6/c1-20-17-24-16-14(19)11-23-26(16)18(25-17)22-10-12-5-7-13(8-6-12)15-4-2-3-9-21-15;7-6-4-2-1-3-5-6;1-2/h2-9,11H,10H2,1H3,(H2,20,22,24,25);6H,1-5,7H2;1-2H3. The molecule has 4 aromatic rings. The molecule has 0 atom stereocenters. The molecule has 4 N–H and O–H groups in total. The van der Waals surface area contributed by atoms with E-state index in [2.05, 4.69) is 54.9 Å². The summed E-state index contributed by atoms with van der Waals surface area (Å²) in [5, 5.41) is 10.5. The molecule has 1 aliphatic carbocycles. The molecule has 2 radical (unpaired) electrons. The number of nitrogens with two attached hydrogens (primary N) is 1. The van der Waals surface area contributed by atoms with Gasteiger partial charge in [0.1, 0.15) is 7.85 Å². The minimum absolute atomic E-state index is 0.484. The zero-order valence-electron chi connectivity index (χ0n) is 20.9. The molecule has 0 saturated heterocycles. The Morgan fingerprint density at radius 2 is 1.77 bits per heavy atom. The minimum atomic E-state index is 0.484. The maximum absolute atomic E-state index is 5.91. The third-order valence-corrected chi connectivity index (χ3v) is 5.63. The molecule has 5 rings (SSSR count). The van der Waals surface area contributed by atoms with Gasteiger partial charge in [0.15, 0.2) is 5.65 Å². The summed E-state index contributed by atoms with van der Waals surface area (Å²) in [6.45, 7) is 4.59. The Morgan fingerprint density at radius 1 is 1.03 bits per heavy atom. The van der Waals surface area contributed by atoms with Crippen molar-refractivity contribution in [3.05, 3.63) is 60.4 Å². The monoisotopic (exact) mass is 470 g/mol. The smallest absolute Gasteiger partial charge is 0.229 e. The molecule has 35 heavy (non-hydrogen) atoms. The molecule has 9 heteroatoms. The first kappa shape index (κ1) is 26.2. The average molecular weight is 470 g/mol. The molecule has 0 aliphatic heterocycles.